The third-order valence-electron chi connectivity index (χ3n) is 2.61. The normalized spacial score (nSPS) is 10.3. The first-order chi connectivity index (χ1) is 9.49. The van der Waals surface area contributed by atoms with Crippen LogP contribution >= 0.6 is 27.5 Å². The van der Waals surface area contributed by atoms with E-state index in [1.807, 2.05) is 0 Å². The fourth-order valence-electron chi connectivity index (χ4n) is 1.57. The Hall–Kier alpha value is -1.59. The van der Waals surface area contributed by atoms with Crippen molar-refractivity contribution in [2.75, 3.05) is 0 Å². The number of carbonyl (C=O) groups is 1. The van der Waals surface area contributed by atoms with Gasteiger partial charge in [0.1, 0.15) is 18.2 Å². The van der Waals surface area contributed by atoms with Crippen LogP contribution < -0.4 is 4.74 Å². The Bertz CT molecular complexity index is 641. The van der Waals surface area contributed by atoms with Gasteiger partial charge in [0, 0.05) is 5.56 Å². The average molecular weight is 360 g/mol. The second-order valence-electron chi connectivity index (χ2n) is 3.94. The molecule has 0 aliphatic carbocycles. The van der Waals surface area contributed by atoms with Crippen molar-refractivity contribution in [1.29, 1.82) is 0 Å². The van der Waals surface area contributed by atoms with Crippen molar-refractivity contribution in [3.05, 3.63) is 62.8 Å². The number of carboxylic acids is 1. The SMILES string of the molecule is O=C(O)c1ccc(OCc2c(F)cccc2Cl)c(Br)c1. The molecule has 20 heavy (non-hydrogen) atoms. The monoisotopic (exact) mass is 358 g/mol. The summed E-state index contributed by atoms with van der Waals surface area (Å²) in [5.41, 5.74) is 0.386. The molecule has 3 nitrogen and oxygen atoms in total. The molecule has 0 saturated carbocycles. The van der Waals surface area contributed by atoms with Crippen LogP contribution in [0.15, 0.2) is 40.9 Å². The van der Waals surface area contributed by atoms with Gasteiger partial charge in [-0.05, 0) is 46.3 Å². The summed E-state index contributed by atoms with van der Waals surface area (Å²) in [5.74, 6) is -1.07. The number of ether oxygens (including phenoxy) is 1. The van der Waals surface area contributed by atoms with Crippen molar-refractivity contribution >= 4 is 33.5 Å². The molecule has 0 saturated heterocycles. The zero-order valence-corrected chi connectivity index (χ0v) is 12.4. The quantitative estimate of drug-likeness (QED) is 0.873. The van der Waals surface area contributed by atoms with Gasteiger partial charge in [0.2, 0.25) is 0 Å². The Morgan fingerprint density at radius 2 is 2.10 bits per heavy atom. The number of benzene rings is 2. The molecule has 0 fully saturated rings. The molecule has 0 aliphatic rings. The fourth-order valence-corrected chi connectivity index (χ4v) is 2.28. The zero-order chi connectivity index (χ0) is 14.7. The maximum atomic E-state index is 13.6. The maximum absolute atomic E-state index is 13.6. The molecule has 6 heteroatoms. The van der Waals surface area contributed by atoms with Gasteiger partial charge in [0.15, 0.2) is 0 Å². The highest BCUT2D eigenvalue weighted by Gasteiger charge is 2.11. The molecule has 0 radical (unpaired) electrons. The van der Waals surface area contributed by atoms with E-state index >= 15 is 0 Å². The highest BCUT2D eigenvalue weighted by atomic mass is 79.9. The lowest BCUT2D eigenvalue weighted by Gasteiger charge is -2.10. The predicted octanol–water partition coefficient (Wildman–Crippen LogP) is 4.52. The molecule has 0 atom stereocenters. The average Bonchev–Trinajstić information content (AvgIpc) is 2.39. The standard InChI is InChI=1S/C14H9BrClFO3/c15-10-6-8(14(18)19)4-5-13(10)20-7-9-11(16)2-1-3-12(9)17/h1-6H,7H2,(H,18,19). The van der Waals surface area contributed by atoms with E-state index in [1.165, 1.54) is 30.3 Å². The molecule has 0 heterocycles. The van der Waals surface area contributed by atoms with Crippen molar-refractivity contribution < 1.29 is 19.0 Å². The van der Waals surface area contributed by atoms with Crippen LogP contribution in [-0.4, -0.2) is 11.1 Å². The van der Waals surface area contributed by atoms with E-state index in [-0.39, 0.29) is 22.8 Å². The van der Waals surface area contributed by atoms with Gasteiger partial charge in [-0.3, -0.25) is 0 Å². The number of hydrogen-bond acceptors (Lipinski definition) is 2. The Balaban J connectivity index is 2.17. The number of halogens is 3. The summed E-state index contributed by atoms with van der Waals surface area (Å²) in [7, 11) is 0. The lowest BCUT2D eigenvalue weighted by atomic mass is 10.2. The molecule has 2 rings (SSSR count). The Morgan fingerprint density at radius 3 is 2.70 bits per heavy atom. The molecular formula is C14H9BrClFO3. The van der Waals surface area contributed by atoms with Gasteiger partial charge in [-0.1, -0.05) is 17.7 Å². The summed E-state index contributed by atoms with van der Waals surface area (Å²) in [6.07, 6.45) is 0. The van der Waals surface area contributed by atoms with Crippen molar-refractivity contribution in [3.63, 3.8) is 0 Å². The molecule has 104 valence electrons. The largest absolute Gasteiger partial charge is 0.488 e. The number of aromatic carboxylic acids is 1. The lowest BCUT2D eigenvalue weighted by Crippen LogP contribution is -2.01. The second-order valence-corrected chi connectivity index (χ2v) is 5.20. The van der Waals surface area contributed by atoms with Crippen molar-refractivity contribution in [2.24, 2.45) is 0 Å². The van der Waals surface area contributed by atoms with Crippen molar-refractivity contribution in [3.8, 4) is 5.75 Å². The van der Waals surface area contributed by atoms with E-state index in [9.17, 15) is 9.18 Å². The third-order valence-corrected chi connectivity index (χ3v) is 3.59. The van der Waals surface area contributed by atoms with Crippen LogP contribution in [0.2, 0.25) is 5.02 Å². The van der Waals surface area contributed by atoms with E-state index in [4.69, 9.17) is 21.4 Å². The highest BCUT2D eigenvalue weighted by Crippen LogP contribution is 2.28. The van der Waals surface area contributed by atoms with Crippen LogP contribution in [0.25, 0.3) is 0 Å². The molecule has 1 N–H and O–H groups in total. The summed E-state index contributed by atoms with van der Waals surface area (Å²) in [4.78, 5) is 10.8. The summed E-state index contributed by atoms with van der Waals surface area (Å²) in [5, 5.41) is 9.13. The van der Waals surface area contributed by atoms with Crippen LogP contribution in [0.1, 0.15) is 15.9 Å². The predicted molar refractivity (Wildman–Crippen MR) is 76.8 cm³/mol. The molecule has 0 bridgehead atoms. The summed E-state index contributed by atoms with van der Waals surface area (Å²) >= 11 is 9.10. The molecular weight excluding hydrogens is 351 g/mol. The van der Waals surface area contributed by atoms with Crippen LogP contribution in [0.4, 0.5) is 4.39 Å². The van der Waals surface area contributed by atoms with E-state index in [0.29, 0.717) is 10.2 Å². The Labute approximate surface area is 128 Å². The molecule has 0 aromatic heterocycles. The molecule has 2 aromatic carbocycles. The van der Waals surface area contributed by atoms with E-state index in [2.05, 4.69) is 15.9 Å². The topological polar surface area (TPSA) is 46.5 Å². The fraction of sp³-hybridized carbons (Fsp3) is 0.0714. The first kappa shape index (κ1) is 14.8. The highest BCUT2D eigenvalue weighted by molar-refractivity contribution is 9.10. The zero-order valence-electron chi connectivity index (χ0n) is 10.1. The third kappa shape index (κ3) is 3.29. The molecule has 0 amide bonds. The van der Waals surface area contributed by atoms with E-state index in [1.54, 1.807) is 6.07 Å². The van der Waals surface area contributed by atoms with Gasteiger partial charge >= 0.3 is 5.97 Å². The Kier molecular flexibility index (Phi) is 4.62. The molecule has 0 aliphatic heterocycles. The lowest BCUT2D eigenvalue weighted by molar-refractivity contribution is 0.0696. The molecule has 2 aromatic rings. The van der Waals surface area contributed by atoms with Crippen LogP contribution in [0.5, 0.6) is 5.75 Å². The van der Waals surface area contributed by atoms with Gasteiger partial charge in [0.05, 0.1) is 15.1 Å². The maximum Gasteiger partial charge on any atom is 0.335 e. The second kappa shape index (κ2) is 6.24. The number of rotatable bonds is 4. The van der Waals surface area contributed by atoms with Gasteiger partial charge in [0.25, 0.3) is 0 Å². The summed E-state index contributed by atoms with van der Waals surface area (Å²) in [6.45, 7) is -0.0451. The first-order valence-corrected chi connectivity index (χ1v) is 6.74. The van der Waals surface area contributed by atoms with Crippen LogP contribution in [0.3, 0.4) is 0 Å². The first-order valence-electron chi connectivity index (χ1n) is 5.57. The number of hydrogen-bond donors (Lipinski definition) is 1. The summed E-state index contributed by atoms with van der Waals surface area (Å²) < 4.78 is 19.5. The van der Waals surface area contributed by atoms with Gasteiger partial charge in [-0.2, -0.15) is 0 Å². The van der Waals surface area contributed by atoms with Gasteiger partial charge < -0.3 is 9.84 Å². The molecule has 0 spiro atoms. The van der Waals surface area contributed by atoms with Gasteiger partial charge in [-0.25, -0.2) is 9.18 Å². The van der Waals surface area contributed by atoms with Crippen LogP contribution in [-0.2, 0) is 6.61 Å². The minimum Gasteiger partial charge on any atom is -0.488 e. The van der Waals surface area contributed by atoms with E-state index in [0.717, 1.165) is 0 Å². The van der Waals surface area contributed by atoms with Crippen molar-refractivity contribution in [1.82, 2.24) is 0 Å². The minimum absolute atomic E-state index is 0.0451. The molecule has 0 unspecified atom stereocenters. The van der Waals surface area contributed by atoms with Crippen LogP contribution in [0, 0.1) is 5.82 Å². The number of carboxylic acid groups (broad SMARTS) is 1. The van der Waals surface area contributed by atoms with Crippen molar-refractivity contribution in [2.45, 2.75) is 6.61 Å². The van der Waals surface area contributed by atoms with E-state index < -0.39 is 11.8 Å². The summed E-state index contributed by atoms with van der Waals surface area (Å²) in [6, 6.07) is 8.71. The van der Waals surface area contributed by atoms with Gasteiger partial charge in [-0.15, -0.1) is 0 Å². The minimum atomic E-state index is -1.03. The Morgan fingerprint density at radius 1 is 1.35 bits per heavy atom. The smallest absolute Gasteiger partial charge is 0.335 e.